The minimum atomic E-state index is -2.11. The molecule has 2 heterocycles. The number of hydrogen-bond donors (Lipinski definition) is 3. The fourth-order valence-electron chi connectivity index (χ4n) is 7.38. The highest BCUT2D eigenvalue weighted by molar-refractivity contribution is 6.74. The maximum Gasteiger partial charge on any atom is 0.412 e. The maximum absolute atomic E-state index is 14.4. The van der Waals surface area contributed by atoms with Crippen LogP contribution in [0.25, 0.3) is 0 Å². The highest BCUT2D eigenvalue weighted by Crippen LogP contribution is 2.41. The summed E-state index contributed by atoms with van der Waals surface area (Å²) in [5.41, 5.74) is 1.63. The predicted octanol–water partition coefficient (Wildman–Crippen LogP) is 11.4. The Hall–Kier alpha value is -5.05. The molecular weight excluding hydrogens is 917 g/mol. The molecule has 0 unspecified atom stereocenters. The van der Waals surface area contributed by atoms with Gasteiger partial charge in [0, 0.05) is 25.2 Å². The molecule has 4 rings (SSSR count). The van der Waals surface area contributed by atoms with Crippen LogP contribution in [0, 0.1) is 0 Å². The molecule has 2 aliphatic heterocycles. The molecule has 2 saturated heterocycles. The molecule has 69 heavy (non-hydrogen) atoms. The van der Waals surface area contributed by atoms with Gasteiger partial charge in [-0.15, -0.1) is 0 Å². The lowest BCUT2D eigenvalue weighted by molar-refractivity contribution is 0.0634. The average molecular weight is 997 g/mol. The van der Waals surface area contributed by atoms with Crippen LogP contribution in [-0.2, 0) is 13.6 Å². The molecule has 2 aromatic carbocycles. The number of unbranched alkanes of at least 4 members (excludes halogenated alkanes) is 2. The molecule has 3 N–H and O–H groups in total. The van der Waals surface area contributed by atoms with Gasteiger partial charge in [-0.3, -0.25) is 20.2 Å². The van der Waals surface area contributed by atoms with E-state index in [1.165, 1.54) is 26.4 Å². The van der Waals surface area contributed by atoms with E-state index in [0.29, 0.717) is 69.9 Å². The van der Waals surface area contributed by atoms with Gasteiger partial charge in [0.1, 0.15) is 5.60 Å². The number of methoxy groups -OCH3 is 2. The highest BCUT2D eigenvalue weighted by Gasteiger charge is 2.42. The van der Waals surface area contributed by atoms with Crippen molar-refractivity contribution < 1.29 is 56.8 Å². The van der Waals surface area contributed by atoms with E-state index in [-0.39, 0.29) is 81.2 Å². The fraction of sp³-hybridized carbons (Fsp3) is 0.608. The van der Waals surface area contributed by atoms with Crippen molar-refractivity contribution in [1.82, 2.24) is 9.80 Å². The smallest absolute Gasteiger partial charge is 0.412 e. The molecule has 2 aliphatic rings. The third-order valence-electron chi connectivity index (χ3n) is 13.4. The fourth-order valence-corrected chi connectivity index (χ4v) is 9.46. The lowest BCUT2D eigenvalue weighted by Gasteiger charge is -2.38. The molecular formula is C51H80N4O12Si2. The number of carbonyl (C=O) groups excluding carboxylic acids is 3. The Labute approximate surface area is 412 Å². The quantitative estimate of drug-likeness (QED) is 0.0649. The standard InChI is InChI=1S/C51H80N4O12Si2/c1-33-23-35(31-65-68(14,15)50(6,7)8)54(29-33)45(56)37-25-41(61-12)43(27-39(37)52-47(58)59)63-21-19-18-20-22-64-44-28-40(53-48(60)67-49(3,4)5)38(26-42(44)62-13)46(57)55-30-34(2)24-36(55)32-66-69(16,17)51(9,10)11/h25-28,35-36,52H,1-2,18-24,29-32H2,3-17H3,(H,53,60)(H,58,59)/t35-,36-/m1/s1. The van der Waals surface area contributed by atoms with Gasteiger partial charge in [-0.1, -0.05) is 65.8 Å². The third kappa shape index (κ3) is 15.2. The number of ether oxygens (including phenoxy) is 5. The number of hydrogen-bond acceptors (Lipinski definition) is 11. The summed E-state index contributed by atoms with van der Waals surface area (Å²) in [5.74, 6) is 0.504. The minimum Gasteiger partial charge on any atom is -0.493 e. The zero-order valence-corrected chi connectivity index (χ0v) is 46.0. The molecule has 0 spiro atoms. The summed E-state index contributed by atoms with van der Waals surface area (Å²) in [4.78, 5) is 57.2. The summed E-state index contributed by atoms with van der Waals surface area (Å²) in [6.07, 6.45) is 1.01. The van der Waals surface area contributed by atoms with Gasteiger partial charge in [-0.05, 0) is 101 Å². The summed E-state index contributed by atoms with van der Waals surface area (Å²) >= 11 is 0. The van der Waals surface area contributed by atoms with Crippen molar-refractivity contribution in [3.05, 3.63) is 59.7 Å². The summed E-state index contributed by atoms with van der Waals surface area (Å²) in [6, 6.07) is 5.65. The molecule has 2 aromatic rings. The Balaban J connectivity index is 1.45. The molecule has 2 atom stereocenters. The lowest BCUT2D eigenvalue weighted by Crippen LogP contribution is -2.46. The summed E-state index contributed by atoms with van der Waals surface area (Å²) < 4.78 is 42.3. The Bertz CT molecular complexity index is 2210. The first-order valence-electron chi connectivity index (χ1n) is 23.8. The second-order valence-corrected chi connectivity index (χ2v) is 31.8. The van der Waals surface area contributed by atoms with E-state index in [2.05, 4.69) is 91.5 Å². The Morgan fingerprint density at radius 3 is 1.38 bits per heavy atom. The van der Waals surface area contributed by atoms with E-state index in [1.54, 1.807) is 42.7 Å². The van der Waals surface area contributed by atoms with Crippen LogP contribution >= 0.6 is 0 Å². The van der Waals surface area contributed by atoms with Gasteiger partial charge in [0.05, 0.1) is 75.2 Å². The predicted molar refractivity (Wildman–Crippen MR) is 276 cm³/mol. The molecule has 0 saturated carbocycles. The normalized spacial score (nSPS) is 16.9. The largest absolute Gasteiger partial charge is 0.493 e. The second-order valence-electron chi connectivity index (χ2n) is 22.1. The minimum absolute atomic E-state index is 0.00625. The van der Waals surface area contributed by atoms with Gasteiger partial charge in [0.15, 0.2) is 39.6 Å². The number of nitrogens with zero attached hydrogens (tertiary/aromatic N) is 2. The molecule has 0 aliphatic carbocycles. The van der Waals surface area contributed by atoms with Crippen molar-refractivity contribution in [3.63, 3.8) is 0 Å². The zero-order chi connectivity index (χ0) is 51.9. The maximum atomic E-state index is 14.4. The van der Waals surface area contributed by atoms with Crippen LogP contribution in [0.15, 0.2) is 48.6 Å². The van der Waals surface area contributed by atoms with Crippen LogP contribution in [0.1, 0.15) is 115 Å². The van der Waals surface area contributed by atoms with E-state index in [9.17, 15) is 24.3 Å². The Morgan fingerprint density at radius 1 is 0.638 bits per heavy atom. The molecule has 4 amide bonds. The van der Waals surface area contributed by atoms with Gasteiger partial charge in [-0.2, -0.15) is 0 Å². The van der Waals surface area contributed by atoms with Gasteiger partial charge in [-0.25, -0.2) is 9.59 Å². The molecule has 0 radical (unpaired) electrons. The summed E-state index contributed by atoms with van der Waals surface area (Å²) in [5, 5.41) is 14.9. The number of rotatable bonds is 20. The van der Waals surface area contributed by atoms with Crippen molar-refractivity contribution in [2.24, 2.45) is 0 Å². The van der Waals surface area contributed by atoms with Crippen LogP contribution in [0.2, 0.25) is 36.3 Å². The van der Waals surface area contributed by atoms with Crippen LogP contribution in [0.5, 0.6) is 23.0 Å². The van der Waals surface area contributed by atoms with E-state index >= 15 is 0 Å². The Kier molecular flexibility index (Phi) is 18.7. The van der Waals surface area contributed by atoms with Crippen molar-refractivity contribution in [1.29, 1.82) is 0 Å². The number of carboxylic acid groups (broad SMARTS) is 1. The highest BCUT2D eigenvalue weighted by atomic mass is 28.4. The van der Waals surface area contributed by atoms with Crippen LogP contribution in [0.3, 0.4) is 0 Å². The zero-order valence-electron chi connectivity index (χ0n) is 44.0. The van der Waals surface area contributed by atoms with Crippen LogP contribution < -0.4 is 29.6 Å². The average Bonchev–Trinajstić information content (AvgIpc) is 3.80. The molecule has 0 bridgehead atoms. The van der Waals surface area contributed by atoms with Gasteiger partial charge >= 0.3 is 12.2 Å². The van der Waals surface area contributed by atoms with E-state index < -0.39 is 34.4 Å². The van der Waals surface area contributed by atoms with Crippen molar-refractivity contribution in [3.8, 4) is 23.0 Å². The van der Waals surface area contributed by atoms with Crippen LogP contribution in [-0.4, -0.2) is 127 Å². The first-order valence-corrected chi connectivity index (χ1v) is 29.6. The number of amides is 4. The van der Waals surface area contributed by atoms with Gasteiger partial charge in [0.25, 0.3) is 11.8 Å². The lowest BCUT2D eigenvalue weighted by atomic mass is 10.1. The molecule has 18 heteroatoms. The number of anilines is 2. The third-order valence-corrected chi connectivity index (χ3v) is 22.4. The number of nitrogens with one attached hydrogen (secondary N) is 2. The molecule has 16 nitrogen and oxygen atoms in total. The van der Waals surface area contributed by atoms with Crippen molar-refractivity contribution in [2.75, 3.05) is 64.4 Å². The molecule has 0 aromatic heterocycles. The first-order chi connectivity index (χ1) is 31.9. The molecule has 384 valence electrons. The monoisotopic (exact) mass is 997 g/mol. The SMILES string of the molecule is C=C1C[C@H](CO[Si](C)(C)C(C)(C)C)N(C(=O)c2cc(OC)c(OCCCCCOc3cc(NC(=O)OC(C)(C)C)c(C(=O)N4CC(=C)C[C@@H]4CO[Si](C)(C)C(C)(C)C)cc3OC)cc2NC(=O)O)C1. The topological polar surface area (TPSA) is 184 Å². The summed E-state index contributed by atoms with van der Waals surface area (Å²) in [7, 11) is -1.28. The van der Waals surface area contributed by atoms with E-state index in [0.717, 1.165) is 11.1 Å². The Morgan fingerprint density at radius 2 is 1.03 bits per heavy atom. The van der Waals surface area contributed by atoms with E-state index in [4.69, 9.17) is 32.5 Å². The van der Waals surface area contributed by atoms with E-state index in [1.807, 2.05) is 0 Å². The van der Waals surface area contributed by atoms with Crippen LogP contribution in [0.4, 0.5) is 21.0 Å². The van der Waals surface area contributed by atoms with Crippen molar-refractivity contribution >= 4 is 52.0 Å². The second kappa shape index (κ2) is 22.8. The number of benzene rings is 2. The number of likely N-dealkylation sites (tertiary alicyclic amines) is 2. The molecule has 2 fully saturated rings. The van der Waals surface area contributed by atoms with Gasteiger partial charge < -0.3 is 47.4 Å². The van der Waals surface area contributed by atoms with Gasteiger partial charge in [0.2, 0.25) is 0 Å². The van der Waals surface area contributed by atoms with Crippen molar-refractivity contribution in [2.45, 2.75) is 148 Å². The number of carbonyl (C=O) groups is 4. The first kappa shape index (κ1) is 56.5. The summed E-state index contributed by atoms with van der Waals surface area (Å²) in [6.45, 7) is 37.2.